The number of pyridine rings is 1. The van der Waals surface area contributed by atoms with Gasteiger partial charge in [-0.05, 0) is 30.7 Å². The largest absolute Gasteiger partial charge is 0.456 e. The summed E-state index contributed by atoms with van der Waals surface area (Å²) < 4.78 is 16.2. The summed E-state index contributed by atoms with van der Waals surface area (Å²) in [5.74, 6) is 2.65. The monoisotopic (exact) mass is 273 g/mol. The molecule has 0 amide bonds. The number of nitrogens with zero attached hydrogens (tertiary/aromatic N) is 1. The lowest BCUT2D eigenvalue weighted by atomic mass is 10.2. The van der Waals surface area contributed by atoms with E-state index in [1.54, 1.807) is 30.5 Å². The third-order valence-corrected chi connectivity index (χ3v) is 3.07. The maximum absolute atomic E-state index is 9.68. The van der Waals surface area contributed by atoms with E-state index < -0.39 is 6.10 Å². The lowest BCUT2D eigenvalue weighted by Gasteiger charge is -2.09. The van der Waals surface area contributed by atoms with Crippen molar-refractivity contribution in [1.82, 2.24) is 4.98 Å². The van der Waals surface area contributed by atoms with Crippen LogP contribution in [0.25, 0.3) is 0 Å². The molecule has 1 aliphatic heterocycles. The molecule has 104 valence electrons. The molecular formula is C15H15NO4. The van der Waals surface area contributed by atoms with Gasteiger partial charge in [-0.3, -0.25) is 4.98 Å². The van der Waals surface area contributed by atoms with E-state index in [0.29, 0.717) is 29.4 Å². The normalized spacial score (nSPS) is 14.1. The van der Waals surface area contributed by atoms with Crippen molar-refractivity contribution >= 4 is 0 Å². The molecule has 3 rings (SSSR count). The summed E-state index contributed by atoms with van der Waals surface area (Å²) in [6.45, 7) is 2.15. The van der Waals surface area contributed by atoms with Gasteiger partial charge in [-0.2, -0.15) is 0 Å². The standard InChI is InChI=1S/C15H15NO4/c1-2-13(17)12-5-3-11(8-16-12)20-10-4-6-14-15(7-10)19-9-18-14/h3-8,13,17H,2,9H2,1H3. The van der Waals surface area contributed by atoms with Gasteiger partial charge in [0.1, 0.15) is 11.5 Å². The molecule has 1 aromatic carbocycles. The Morgan fingerprint density at radius 1 is 1.20 bits per heavy atom. The molecule has 2 aromatic rings. The summed E-state index contributed by atoms with van der Waals surface area (Å²) in [6, 6.07) is 8.93. The third-order valence-electron chi connectivity index (χ3n) is 3.07. The molecule has 5 heteroatoms. The Labute approximate surface area is 116 Å². The number of fused-ring (bicyclic) bond motifs is 1. The zero-order valence-corrected chi connectivity index (χ0v) is 11.1. The molecule has 1 atom stereocenters. The average molecular weight is 273 g/mol. The van der Waals surface area contributed by atoms with Crippen molar-refractivity contribution in [3.05, 3.63) is 42.2 Å². The molecule has 2 heterocycles. The fourth-order valence-electron chi connectivity index (χ4n) is 1.93. The van der Waals surface area contributed by atoms with Gasteiger partial charge in [-0.25, -0.2) is 0 Å². The number of aliphatic hydroxyl groups excluding tert-OH is 1. The summed E-state index contributed by atoms with van der Waals surface area (Å²) in [7, 11) is 0. The lowest BCUT2D eigenvalue weighted by Crippen LogP contribution is -1.98. The van der Waals surface area contributed by atoms with Crippen LogP contribution in [0, 0.1) is 0 Å². The predicted molar refractivity (Wildman–Crippen MR) is 72.1 cm³/mol. The van der Waals surface area contributed by atoms with Crippen LogP contribution in [0.3, 0.4) is 0 Å². The van der Waals surface area contributed by atoms with Gasteiger partial charge in [-0.1, -0.05) is 6.92 Å². The van der Waals surface area contributed by atoms with E-state index in [2.05, 4.69) is 4.98 Å². The minimum Gasteiger partial charge on any atom is -0.456 e. The highest BCUT2D eigenvalue weighted by atomic mass is 16.7. The molecule has 5 nitrogen and oxygen atoms in total. The van der Waals surface area contributed by atoms with Crippen molar-refractivity contribution in [2.45, 2.75) is 19.4 Å². The van der Waals surface area contributed by atoms with E-state index in [-0.39, 0.29) is 6.79 Å². The summed E-state index contributed by atoms with van der Waals surface area (Å²) in [4.78, 5) is 4.19. The minimum atomic E-state index is -0.533. The summed E-state index contributed by atoms with van der Waals surface area (Å²) >= 11 is 0. The van der Waals surface area contributed by atoms with Crippen LogP contribution in [0.1, 0.15) is 25.1 Å². The van der Waals surface area contributed by atoms with Gasteiger partial charge in [-0.15, -0.1) is 0 Å². The van der Waals surface area contributed by atoms with Crippen molar-refractivity contribution in [3.8, 4) is 23.0 Å². The quantitative estimate of drug-likeness (QED) is 0.927. The van der Waals surface area contributed by atoms with E-state index in [9.17, 15) is 5.11 Å². The molecule has 0 radical (unpaired) electrons. The van der Waals surface area contributed by atoms with E-state index in [1.165, 1.54) is 0 Å². The molecule has 0 saturated carbocycles. The first kappa shape index (κ1) is 12.7. The van der Waals surface area contributed by atoms with E-state index in [1.807, 2.05) is 13.0 Å². The highest BCUT2D eigenvalue weighted by Crippen LogP contribution is 2.36. The predicted octanol–water partition coefficient (Wildman–Crippen LogP) is 3.05. The number of ether oxygens (including phenoxy) is 3. The molecule has 1 unspecified atom stereocenters. The van der Waals surface area contributed by atoms with Gasteiger partial charge in [0.2, 0.25) is 6.79 Å². The fraction of sp³-hybridized carbons (Fsp3) is 0.267. The molecule has 0 spiro atoms. The summed E-state index contributed by atoms with van der Waals surface area (Å²) in [6.07, 6.45) is 1.70. The Kier molecular flexibility index (Phi) is 3.43. The van der Waals surface area contributed by atoms with E-state index >= 15 is 0 Å². The van der Waals surface area contributed by atoms with Crippen LogP contribution in [-0.4, -0.2) is 16.9 Å². The molecule has 1 N–H and O–H groups in total. The number of rotatable bonds is 4. The molecule has 0 aliphatic carbocycles. The highest BCUT2D eigenvalue weighted by molar-refractivity contribution is 5.47. The van der Waals surface area contributed by atoms with Gasteiger partial charge in [0, 0.05) is 6.07 Å². The maximum Gasteiger partial charge on any atom is 0.231 e. The third kappa shape index (κ3) is 2.53. The Morgan fingerprint density at radius 2 is 2.00 bits per heavy atom. The number of aliphatic hydroxyl groups is 1. The highest BCUT2D eigenvalue weighted by Gasteiger charge is 2.14. The topological polar surface area (TPSA) is 60.8 Å². The molecule has 0 saturated heterocycles. The Bertz CT molecular complexity index is 597. The molecule has 1 aromatic heterocycles. The van der Waals surface area contributed by atoms with Crippen LogP contribution in [0.2, 0.25) is 0 Å². The van der Waals surface area contributed by atoms with Gasteiger partial charge in [0.05, 0.1) is 18.0 Å². The van der Waals surface area contributed by atoms with Crippen molar-refractivity contribution in [2.75, 3.05) is 6.79 Å². The fourth-order valence-corrected chi connectivity index (χ4v) is 1.93. The Balaban J connectivity index is 1.74. The minimum absolute atomic E-state index is 0.240. The second-order valence-corrected chi connectivity index (χ2v) is 4.46. The molecule has 20 heavy (non-hydrogen) atoms. The Morgan fingerprint density at radius 3 is 2.75 bits per heavy atom. The van der Waals surface area contributed by atoms with Gasteiger partial charge in [0.25, 0.3) is 0 Å². The Hall–Kier alpha value is -2.27. The van der Waals surface area contributed by atoms with Crippen LogP contribution < -0.4 is 14.2 Å². The van der Waals surface area contributed by atoms with Gasteiger partial charge in [0.15, 0.2) is 11.5 Å². The van der Waals surface area contributed by atoms with Crippen molar-refractivity contribution in [1.29, 1.82) is 0 Å². The molecule has 0 bridgehead atoms. The van der Waals surface area contributed by atoms with Crippen LogP contribution in [0.15, 0.2) is 36.5 Å². The number of hydrogen-bond acceptors (Lipinski definition) is 5. The van der Waals surface area contributed by atoms with Crippen LogP contribution in [0.5, 0.6) is 23.0 Å². The van der Waals surface area contributed by atoms with Crippen LogP contribution >= 0.6 is 0 Å². The van der Waals surface area contributed by atoms with Crippen LogP contribution in [0.4, 0.5) is 0 Å². The van der Waals surface area contributed by atoms with Crippen molar-refractivity contribution < 1.29 is 19.3 Å². The van der Waals surface area contributed by atoms with Crippen molar-refractivity contribution in [2.24, 2.45) is 0 Å². The summed E-state index contributed by atoms with van der Waals surface area (Å²) in [5, 5.41) is 9.68. The SMILES string of the molecule is CCC(O)c1ccc(Oc2ccc3c(c2)OCO3)cn1. The second kappa shape index (κ2) is 5.38. The first-order chi connectivity index (χ1) is 9.76. The molecule has 1 aliphatic rings. The zero-order chi connectivity index (χ0) is 13.9. The summed E-state index contributed by atoms with van der Waals surface area (Å²) in [5.41, 5.74) is 0.644. The average Bonchev–Trinajstić information content (AvgIpc) is 2.95. The van der Waals surface area contributed by atoms with E-state index in [4.69, 9.17) is 14.2 Å². The van der Waals surface area contributed by atoms with Crippen molar-refractivity contribution in [3.63, 3.8) is 0 Å². The lowest BCUT2D eigenvalue weighted by molar-refractivity contribution is 0.169. The maximum atomic E-state index is 9.68. The first-order valence-corrected chi connectivity index (χ1v) is 6.48. The smallest absolute Gasteiger partial charge is 0.231 e. The number of benzene rings is 1. The molecular weight excluding hydrogens is 258 g/mol. The second-order valence-electron chi connectivity index (χ2n) is 4.46. The van der Waals surface area contributed by atoms with Gasteiger partial charge < -0.3 is 19.3 Å². The number of hydrogen-bond donors (Lipinski definition) is 1. The van der Waals surface area contributed by atoms with E-state index in [0.717, 1.165) is 5.75 Å². The first-order valence-electron chi connectivity index (χ1n) is 6.48. The number of aromatic nitrogens is 1. The van der Waals surface area contributed by atoms with Crippen LogP contribution in [-0.2, 0) is 0 Å². The zero-order valence-electron chi connectivity index (χ0n) is 11.1. The van der Waals surface area contributed by atoms with Gasteiger partial charge >= 0.3 is 0 Å². The molecule has 0 fully saturated rings.